The van der Waals surface area contributed by atoms with Crippen LogP contribution in [0.4, 0.5) is 0 Å². The number of carbonyl (C=O) groups is 2. The summed E-state index contributed by atoms with van der Waals surface area (Å²) in [5, 5.41) is 1.47. The lowest BCUT2D eigenvalue weighted by atomic mass is 9.91. The van der Waals surface area contributed by atoms with E-state index in [0.29, 0.717) is 21.9 Å². The van der Waals surface area contributed by atoms with Crippen LogP contribution in [0.3, 0.4) is 0 Å². The number of aromatic nitrogens is 2. The number of fused-ring (bicyclic) bond motifs is 1. The molecule has 0 unspecified atom stereocenters. The number of likely N-dealkylation sites (N-methyl/N-ethyl adjacent to an activating group) is 1. The zero-order valence-electron chi connectivity index (χ0n) is 21.9. The Morgan fingerprint density at radius 2 is 1.71 bits per heavy atom. The topological polar surface area (TPSA) is 73.7 Å². The Kier molecular flexibility index (Phi) is 7.62. The fraction of sp³-hybridized carbons (Fsp3) is 0.444. The van der Waals surface area contributed by atoms with Gasteiger partial charge in [-0.15, -0.1) is 0 Å². The van der Waals surface area contributed by atoms with Gasteiger partial charge >= 0.3 is 5.97 Å². The van der Waals surface area contributed by atoms with Crippen LogP contribution in [0.25, 0.3) is 22.2 Å². The number of esters is 1. The lowest BCUT2D eigenvalue weighted by molar-refractivity contribution is -0.164. The SMILES string of the molecule is COC(=O)[C@@H](OC(C)(C)C)c1c(C)nc2c(c(C)c(C)n2CC(=O)N(C)C)c1-c1ccc(Cl)cc1. The van der Waals surface area contributed by atoms with Crippen LogP contribution >= 0.6 is 11.6 Å². The Labute approximate surface area is 212 Å². The summed E-state index contributed by atoms with van der Waals surface area (Å²) in [6, 6.07) is 7.47. The van der Waals surface area contributed by atoms with Crippen LogP contribution in [0, 0.1) is 20.8 Å². The molecule has 0 saturated carbocycles. The van der Waals surface area contributed by atoms with Gasteiger partial charge < -0.3 is 18.9 Å². The standard InChI is InChI=1S/C27H34ClN3O4/c1-15-17(3)31(14-20(32)30(7)8)25-21(15)23(18-10-12-19(28)13-11-18)22(16(2)29-25)24(26(33)34-9)35-27(4,5)6/h10-13,24H,14H2,1-9H3/t24-/m0/s1. The number of benzene rings is 1. The van der Waals surface area contributed by atoms with Gasteiger partial charge in [-0.05, 0) is 64.8 Å². The van der Waals surface area contributed by atoms with Crippen molar-refractivity contribution in [2.75, 3.05) is 21.2 Å². The smallest absolute Gasteiger partial charge is 0.339 e. The van der Waals surface area contributed by atoms with Crippen molar-refractivity contribution in [3.8, 4) is 11.1 Å². The molecule has 0 bridgehead atoms. The van der Waals surface area contributed by atoms with E-state index in [1.807, 2.05) is 70.4 Å². The minimum Gasteiger partial charge on any atom is -0.467 e. The molecule has 0 aliphatic carbocycles. The Balaban J connectivity index is 2.46. The summed E-state index contributed by atoms with van der Waals surface area (Å²) in [4.78, 5) is 32.2. The number of hydrogen-bond acceptors (Lipinski definition) is 5. The fourth-order valence-electron chi connectivity index (χ4n) is 4.19. The second-order valence-electron chi connectivity index (χ2n) is 9.91. The average Bonchev–Trinajstić information content (AvgIpc) is 3.00. The first kappa shape index (κ1) is 26.7. The van der Waals surface area contributed by atoms with Crippen LogP contribution in [-0.4, -0.2) is 53.1 Å². The summed E-state index contributed by atoms with van der Waals surface area (Å²) in [6.07, 6.45) is -0.992. The van der Waals surface area contributed by atoms with Gasteiger partial charge in [-0.3, -0.25) is 4.79 Å². The normalized spacial score (nSPS) is 12.6. The number of amides is 1. The second kappa shape index (κ2) is 9.99. The highest BCUT2D eigenvalue weighted by Crippen LogP contribution is 2.42. The molecule has 0 radical (unpaired) electrons. The van der Waals surface area contributed by atoms with Gasteiger partial charge in [0.1, 0.15) is 12.2 Å². The third-order valence-electron chi connectivity index (χ3n) is 6.06. The van der Waals surface area contributed by atoms with Gasteiger partial charge in [-0.2, -0.15) is 0 Å². The molecular formula is C27H34ClN3O4. The Morgan fingerprint density at radius 3 is 2.23 bits per heavy atom. The van der Waals surface area contributed by atoms with Crippen molar-refractivity contribution in [3.05, 3.63) is 51.8 Å². The molecule has 1 amide bonds. The predicted octanol–water partition coefficient (Wildman–Crippen LogP) is 5.40. The van der Waals surface area contributed by atoms with E-state index in [1.165, 1.54) is 7.11 Å². The van der Waals surface area contributed by atoms with E-state index in [-0.39, 0.29) is 12.5 Å². The predicted molar refractivity (Wildman–Crippen MR) is 139 cm³/mol. The maximum atomic E-state index is 13.0. The van der Waals surface area contributed by atoms with E-state index in [1.54, 1.807) is 19.0 Å². The number of carbonyl (C=O) groups excluding carboxylic acids is 2. The Morgan fingerprint density at radius 1 is 1.11 bits per heavy atom. The molecule has 0 aliphatic rings. The molecule has 7 nitrogen and oxygen atoms in total. The molecule has 0 saturated heterocycles. The van der Waals surface area contributed by atoms with E-state index >= 15 is 0 Å². The van der Waals surface area contributed by atoms with Crippen LogP contribution < -0.4 is 0 Å². The minimum atomic E-state index is -0.992. The molecule has 3 aromatic rings. The Hall–Kier alpha value is -2.90. The van der Waals surface area contributed by atoms with Gasteiger partial charge in [0.2, 0.25) is 5.91 Å². The van der Waals surface area contributed by atoms with Gasteiger partial charge in [0.15, 0.2) is 6.10 Å². The molecule has 0 aliphatic heterocycles. The molecule has 1 atom stereocenters. The van der Waals surface area contributed by atoms with E-state index < -0.39 is 17.7 Å². The number of rotatable bonds is 6. The molecule has 35 heavy (non-hydrogen) atoms. The maximum absolute atomic E-state index is 13.0. The lowest BCUT2D eigenvalue weighted by Crippen LogP contribution is -2.29. The van der Waals surface area contributed by atoms with Crippen molar-refractivity contribution in [1.82, 2.24) is 14.5 Å². The molecule has 0 N–H and O–H groups in total. The van der Waals surface area contributed by atoms with Gasteiger partial charge in [-0.25, -0.2) is 9.78 Å². The van der Waals surface area contributed by atoms with Crippen molar-refractivity contribution in [3.63, 3.8) is 0 Å². The van der Waals surface area contributed by atoms with Crippen LogP contribution in [0.5, 0.6) is 0 Å². The quantitative estimate of drug-likeness (QED) is 0.424. The molecule has 1 aromatic carbocycles. The monoisotopic (exact) mass is 499 g/mol. The van der Waals surface area contributed by atoms with Crippen molar-refractivity contribution < 1.29 is 19.1 Å². The number of pyridine rings is 1. The number of nitrogens with zero attached hydrogens (tertiary/aromatic N) is 3. The second-order valence-corrected chi connectivity index (χ2v) is 10.3. The van der Waals surface area contributed by atoms with Gasteiger partial charge in [0.25, 0.3) is 0 Å². The molecule has 2 heterocycles. The van der Waals surface area contributed by atoms with Crippen molar-refractivity contribution >= 4 is 34.5 Å². The fourth-order valence-corrected chi connectivity index (χ4v) is 4.31. The third-order valence-corrected chi connectivity index (χ3v) is 6.31. The summed E-state index contributed by atoms with van der Waals surface area (Å²) in [6.45, 7) is 11.7. The number of aryl methyl sites for hydroxylation is 2. The molecular weight excluding hydrogens is 466 g/mol. The highest BCUT2D eigenvalue weighted by Gasteiger charge is 2.34. The van der Waals surface area contributed by atoms with Crippen molar-refractivity contribution in [2.24, 2.45) is 0 Å². The number of hydrogen-bond donors (Lipinski definition) is 0. The first-order valence-corrected chi connectivity index (χ1v) is 11.9. The highest BCUT2D eigenvalue weighted by atomic mass is 35.5. The molecule has 188 valence electrons. The zero-order valence-corrected chi connectivity index (χ0v) is 22.7. The molecule has 0 fully saturated rings. The zero-order chi connectivity index (χ0) is 26.2. The van der Waals surface area contributed by atoms with Crippen LogP contribution in [0.2, 0.25) is 5.02 Å². The van der Waals surface area contributed by atoms with Gasteiger partial charge in [-0.1, -0.05) is 23.7 Å². The largest absolute Gasteiger partial charge is 0.467 e. The lowest BCUT2D eigenvalue weighted by Gasteiger charge is -2.29. The summed E-state index contributed by atoms with van der Waals surface area (Å²) in [7, 11) is 4.82. The molecule has 3 rings (SSSR count). The summed E-state index contributed by atoms with van der Waals surface area (Å²) < 4.78 is 13.3. The van der Waals surface area contributed by atoms with E-state index in [4.69, 9.17) is 26.1 Å². The average molecular weight is 500 g/mol. The highest BCUT2D eigenvalue weighted by molar-refractivity contribution is 6.30. The molecule has 8 heteroatoms. The maximum Gasteiger partial charge on any atom is 0.339 e. The minimum absolute atomic E-state index is 0.0370. The van der Waals surface area contributed by atoms with Crippen molar-refractivity contribution in [1.29, 1.82) is 0 Å². The van der Waals surface area contributed by atoms with E-state index in [0.717, 1.165) is 27.8 Å². The van der Waals surface area contributed by atoms with E-state index in [9.17, 15) is 9.59 Å². The summed E-state index contributed by atoms with van der Waals surface area (Å²) >= 11 is 6.20. The van der Waals surface area contributed by atoms with Gasteiger partial charge in [0, 0.05) is 47.0 Å². The van der Waals surface area contributed by atoms with E-state index in [2.05, 4.69) is 0 Å². The summed E-state index contributed by atoms with van der Waals surface area (Å²) in [5.74, 6) is -0.541. The Bertz CT molecular complexity index is 1270. The van der Waals surface area contributed by atoms with Gasteiger partial charge in [0.05, 0.1) is 12.7 Å². The number of ether oxygens (including phenoxy) is 2. The first-order valence-electron chi connectivity index (χ1n) is 11.5. The molecule has 2 aromatic heterocycles. The number of halogens is 1. The van der Waals surface area contributed by atoms with Crippen LogP contribution in [0.1, 0.15) is 49.4 Å². The van der Waals surface area contributed by atoms with Crippen LogP contribution in [-0.2, 0) is 25.6 Å². The number of methoxy groups -OCH3 is 1. The molecule has 0 spiro atoms. The van der Waals surface area contributed by atoms with Crippen molar-refractivity contribution in [2.45, 2.75) is 59.8 Å². The first-order chi connectivity index (χ1) is 16.3. The van der Waals surface area contributed by atoms with Crippen LogP contribution in [0.15, 0.2) is 24.3 Å². The summed E-state index contributed by atoms with van der Waals surface area (Å²) in [5.41, 5.74) is 4.92. The third kappa shape index (κ3) is 5.36.